The molecule has 96 valence electrons. The van der Waals surface area contributed by atoms with Crippen LogP contribution in [0.5, 0.6) is 5.75 Å². The highest BCUT2D eigenvalue weighted by atomic mass is 19.1. The predicted molar refractivity (Wildman–Crippen MR) is 59.8 cm³/mol. The number of nitrogens with two attached hydrogens (primary N) is 1. The van der Waals surface area contributed by atoms with Crippen molar-refractivity contribution in [2.45, 2.75) is 12.1 Å². The van der Waals surface area contributed by atoms with E-state index in [1.54, 1.807) is 7.05 Å². The summed E-state index contributed by atoms with van der Waals surface area (Å²) in [4.78, 5) is 0. The molecule has 0 aliphatic carbocycles. The van der Waals surface area contributed by atoms with E-state index in [0.29, 0.717) is 0 Å². The quantitative estimate of drug-likeness (QED) is 0.710. The lowest BCUT2D eigenvalue weighted by atomic mass is 9.99. The molecule has 0 saturated heterocycles. The number of benzene rings is 1. The molecule has 0 heterocycles. The van der Waals surface area contributed by atoms with Gasteiger partial charge < -0.3 is 20.9 Å². The summed E-state index contributed by atoms with van der Waals surface area (Å²) >= 11 is 0. The van der Waals surface area contributed by atoms with E-state index >= 15 is 0 Å². The van der Waals surface area contributed by atoms with Crippen molar-refractivity contribution in [1.82, 2.24) is 5.32 Å². The minimum Gasteiger partial charge on any atom is -0.494 e. The van der Waals surface area contributed by atoms with E-state index in [4.69, 9.17) is 10.8 Å². The van der Waals surface area contributed by atoms with Gasteiger partial charge in [0.2, 0.25) is 0 Å². The SMILES string of the molecule is CNC(c1cc(F)c(OC)cc1F)C(N)CO. The van der Waals surface area contributed by atoms with Gasteiger partial charge in [-0.3, -0.25) is 0 Å². The Morgan fingerprint density at radius 2 is 2.06 bits per heavy atom. The molecule has 6 heteroatoms. The molecule has 4 nitrogen and oxygen atoms in total. The summed E-state index contributed by atoms with van der Waals surface area (Å²) in [7, 11) is 2.81. The second kappa shape index (κ2) is 5.90. The first-order valence-electron chi connectivity index (χ1n) is 5.11. The van der Waals surface area contributed by atoms with Crippen LogP contribution in [0.15, 0.2) is 12.1 Å². The maximum absolute atomic E-state index is 13.7. The lowest BCUT2D eigenvalue weighted by Gasteiger charge is -2.23. The summed E-state index contributed by atoms with van der Waals surface area (Å²) in [5, 5.41) is 11.7. The fourth-order valence-corrected chi connectivity index (χ4v) is 1.64. The number of hydrogen-bond acceptors (Lipinski definition) is 4. The Bertz CT molecular complexity index is 388. The molecule has 2 unspecified atom stereocenters. The molecule has 0 spiro atoms. The number of aliphatic hydroxyl groups is 1. The van der Waals surface area contributed by atoms with Crippen LogP contribution in [0.3, 0.4) is 0 Å². The smallest absolute Gasteiger partial charge is 0.165 e. The predicted octanol–water partition coefficient (Wildman–Crippen LogP) is 0.553. The minimum atomic E-state index is -0.720. The third-order valence-electron chi connectivity index (χ3n) is 2.56. The number of nitrogens with one attached hydrogen (secondary N) is 1. The van der Waals surface area contributed by atoms with Crippen LogP contribution in [0.1, 0.15) is 11.6 Å². The number of rotatable bonds is 5. The molecular weight excluding hydrogens is 230 g/mol. The van der Waals surface area contributed by atoms with Crippen molar-refractivity contribution >= 4 is 0 Å². The second-order valence-corrected chi connectivity index (χ2v) is 3.62. The number of hydrogen-bond donors (Lipinski definition) is 3. The Morgan fingerprint density at radius 3 is 2.53 bits per heavy atom. The fraction of sp³-hybridized carbons (Fsp3) is 0.455. The van der Waals surface area contributed by atoms with Gasteiger partial charge in [-0.15, -0.1) is 0 Å². The van der Waals surface area contributed by atoms with Crippen LogP contribution >= 0.6 is 0 Å². The van der Waals surface area contributed by atoms with Crippen LogP contribution < -0.4 is 15.8 Å². The average Bonchev–Trinajstić information content (AvgIpc) is 2.33. The first-order valence-corrected chi connectivity index (χ1v) is 5.11. The van der Waals surface area contributed by atoms with E-state index in [1.807, 2.05) is 0 Å². The average molecular weight is 246 g/mol. The van der Waals surface area contributed by atoms with Gasteiger partial charge >= 0.3 is 0 Å². The number of halogens is 2. The monoisotopic (exact) mass is 246 g/mol. The van der Waals surface area contributed by atoms with Crippen LogP contribution in [0.4, 0.5) is 8.78 Å². The molecule has 0 radical (unpaired) electrons. The van der Waals surface area contributed by atoms with Crippen molar-refractivity contribution in [2.24, 2.45) is 5.73 Å². The Kier molecular flexibility index (Phi) is 4.80. The van der Waals surface area contributed by atoms with Crippen LogP contribution in [0.25, 0.3) is 0 Å². The summed E-state index contributed by atoms with van der Waals surface area (Å²) in [5.74, 6) is -1.47. The highest BCUT2D eigenvalue weighted by Gasteiger charge is 2.22. The van der Waals surface area contributed by atoms with E-state index < -0.39 is 23.7 Å². The molecule has 1 rings (SSSR count). The van der Waals surface area contributed by atoms with Gasteiger partial charge in [-0.2, -0.15) is 0 Å². The molecule has 0 amide bonds. The first kappa shape index (κ1) is 13.8. The van der Waals surface area contributed by atoms with Gasteiger partial charge in [0, 0.05) is 17.7 Å². The summed E-state index contributed by atoms with van der Waals surface area (Å²) in [6, 6.07) is 0.590. The van der Waals surface area contributed by atoms with Gasteiger partial charge in [-0.05, 0) is 13.1 Å². The normalized spacial score (nSPS) is 14.5. The van der Waals surface area contributed by atoms with Crippen LogP contribution in [-0.2, 0) is 0 Å². The van der Waals surface area contributed by atoms with Gasteiger partial charge in [0.25, 0.3) is 0 Å². The summed E-state index contributed by atoms with van der Waals surface area (Å²) in [6.07, 6.45) is 0. The van der Waals surface area contributed by atoms with Gasteiger partial charge in [-0.25, -0.2) is 8.78 Å². The summed E-state index contributed by atoms with van der Waals surface area (Å²) in [6.45, 7) is -0.335. The molecule has 0 fully saturated rings. The molecule has 0 bridgehead atoms. The Hall–Kier alpha value is -1.24. The number of methoxy groups -OCH3 is 1. The molecule has 2 atom stereocenters. The molecule has 0 aromatic heterocycles. The van der Waals surface area contributed by atoms with Crippen molar-refractivity contribution < 1.29 is 18.6 Å². The van der Waals surface area contributed by atoms with Gasteiger partial charge in [-0.1, -0.05) is 0 Å². The zero-order chi connectivity index (χ0) is 13.0. The van der Waals surface area contributed by atoms with Crippen LogP contribution in [0.2, 0.25) is 0 Å². The number of aliphatic hydroxyl groups excluding tert-OH is 1. The lowest BCUT2D eigenvalue weighted by Crippen LogP contribution is -2.39. The second-order valence-electron chi connectivity index (χ2n) is 3.62. The standard InChI is InChI=1S/C11H16F2N2O2/c1-15-11(9(14)5-16)6-3-8(13)10(17-2)4-7(6)12/h3-4,9,11,15-16H,5,14H2,1-2H3. The maximum atomic E-state index is 13.7. The molecule has 1 aromatic carbocycles. The molecule has 4 N–H and O–H groups in total. The van der Waals surface area contributed by atoms with Gasteiger partial charge in [0.15, 0.2) is 11.6 Å². The molecule has 0 aliphatic heterocycles. The Balaban J connectivity index is 3.16. The summed E-state index contributed by atoms with van der Waals surface area (Å²) in [5.41, 5.74) is 5.68. The van der Waals surface area contributed by atoms with E-state index in [-0.39, 0.29) is 17.9 Å². The van der Waals surface area contributed by atoms with Crippen molar-refractivity contribution in [2.75, 3.05) is 20.8 Å². The van der Waals surface area contributed by atoms with Gasteiger partial charge in [0.05, 0.1) is 19.8 Å². The zero-order valence-electron chi connectivity index (χ0n) is 9.71. The van der Waals surface area contributed by atoms with Crippen LogP contribution in [0, 0.1) is 11.6 Å². The van der Waals surface area contributed by atoms with E-state index in [1.165, 1.54) is 7.11 Å². The third kappa shape index (κ3) is 2.91. The maximum Gasteiger partial charge on any atom is 0.165 e. The van der Waals surface area contributed by atoms with E-state index in [9.17, 15) is 8.78 Å². The lowest BCUT2D eigenvalue weighted by molar-refractivity contribution is 0.238. The van der Waals surface area contributed by atoms with Crippen molar-refractivity contribution in [3.8, 4) is 5.75 Å². The minimum absolute atomic E-state index is 0.0624. The zero-order valence-corrected chi connectivity index (χ0v) is 9.71. The van der Waals surface area contributed by atoms with Crippen molar-refractivity contribution in [1.29, 1.82) is 0 Å². The number of likely N-dealkylation sites (N-methyl/N-ethyl adjacent to an activating group) is 1. The molecular formula is C11H16F2N2O2. The third-order valence-corrected chi connectivity index (χ3v) is 2.56. The van der Waals surface area contributed by atoms with E-state index in [2.05, 4.69) is 10.1 Å². The van der Waals surface area contributed by atoms with E-state index in [0.717, 1.165) is 12.1 Å². The number of ether oxygens (including phenoxy) is 1. The topological polar surface area (TPSA) is 67.5 Å². The first-order chi connectivity index (χ1) is 8.04. The Labute approximate surface area is 98.4 Å². The Morgan fingerprint density at radius 1 is 1.41 bits per heavy atom. The van der Waals surface area contributed by atoms with Gasteiger partial charge in [0.1, 0.15) is 5.82 Å². The largest absolute Gasteiger partial charge is 0.494 e. The van der Waals surface area contributed by atoms with Crippen molar-refractivity contribution in [3.05, 3.63) is 29.3 Å². The molecule has 0 aliphatic rings. The molecule has 0 saturated carbocycles. The van der Waals surface area contributed by atoms with Crippen LogP contribution in [-0.4, -0.2) is 31.9 Å². The molecule has 1 aromatic rings. The summed E-state index contributed by atoms with van der Waals surface area (Å²) < 4.78 is 31.9. The fourth-order valence-electron chi connectivity index (χ4n) is 1.64. The van der Waals surface area contributed by atoms with Crippen molar-refractivity contribution in [3.63, 3.8) is 0 Å². The highest BCUT2D eigenvalue weighted by molar-refractivity contribution is 5.33. The highest BCUT2D eigenvalue weighted by Crippen LogP contribution is 2.26. The molecule has 17 heavy (non-hydrogen) atoms.